The third-order valence-corrected chi connectivity index (χ3v) is 6.02. The zero-order valence-electron chi connectivity index (χ0n) is 16.8. The van der Waals surface area contributed by atoms with Crippen LogP contribution in [-0.2, 0) is 9.53 Å². The first kappa shape index (κ1) is 23.5. The van der Waals surface area contributed by atoms with E-state index in [2.05, 4.69) is 14.7 Å². The minimum atomic E-state index is -0.485. The van der Waals surface area contributed by atoms with Crippen molar-refractivity contribution in [3.05, 3.63) is 35.7 Å². The maximum atomic E-state index is 12.0. The molecule has 1 saturated carbocycles. The number of hydrogen-bond donors (Lipinski definition) is 3. The SMILES string of the molecule is COCCCSc1ccc(C(=N)C(=O)Nc2nc(C)ns2)cc1.OC1CCCC1. The van der Waals surface area contributed by atoms with Crippen LogP contribution in [-0.4, -0.2) is 51.7 Å². The van der Waals surface area contributed by atoms with Gasteiger partial charge in [-0.3, -0.25) is 15.5 Å². The largest absolute Gasteiger partial charge is 0.393 e. The molecule has 0 aliphatic heterocycles. The fourth-order valence-corrected chi connectivity index (χ4v) is 4.05. The molecule has 1 aliphatic rings. The van der Waals surface area contributed by atoms with Gasteiger partial charge in [-0.1, -0.05) is 25.0 Å². The molecule has 3 N–H and O–H groups in total. The standard InChI is InChI=1S/C15H18N4O2S2.C5H10O/c1-10-17-15(23-19-10)18-14(20)13(16)11-4-6-12(7-5-11)22-9-3-8-21-2;6-5-3-1-2-4-5/h4-7,16H,3,8-9H2,1-2H3,(H,17,18,19,20);5-6H,1-4H2. The van der Waals surface area contributed by atoms with Crippen LogP contribution in [0.1, 0.15) is 43.5 Å². The molecule has 1 aromatic carbocycles. The fourth-order valence-electron chi connectivity index (χ4n) is 2.65. The van der Waals surface area contributed by atoms with Crippen molar-refractivity contribution in [3.63, 3.8) is 0 Å². The second kappa shape index (κ2) is 12.7. The van der Waals surface area contributed by atoms with Crippen LogP contribution in [0.3, 0.4) is 0 Å². The van der Waals surface area contributed by atoms with Gasteiger partial charge in [0.15, 0.2) is 0 Å². The highest BCUT2D eigenvalue weighted by Crippen LogP contribution is 2.20. The molecule has 29 heavy (non-hydrogen) atoms. The van der Waals surface area contributed by atoms with Gasteiger partial charge in [0.05, 0.1) is 6.10 Å². The van der Waals surface area contributed by atoms with Gasteiger partial charge < -0.3 is 9.84 Å². The number of ether oxygens (including phenoxy) is 1. The number of rotatable bonds is 8. The first-order valence-corrected chi connectivity index (χ1v) is 11.4. The highest BCUT2D eigenvalue weighted by Gasteiger charge is 2.14. The van der Waals surface area contributed by atoms with Crippen molar-refractivity contribution in [2.45, 2.75) is 50.0 Å². The van der Waals surface area contributed by atoms with Crippen molar-refractivity contribution in [3.8, 4) is 0 Å². The summed E-state index contributed by atoms with van der Waals surface area (Å²) in [6, 6.07) is 7.41. The third kappa shape index (κ3) is 8.61. The molecular weight excluding hydrogens is 408 g/mol. The van der Waals surface area contributed by atoms with Crippen LogP contribution < -0.4 is 5.32 Å². The molecule has 0 atom stereocenters. The quantitative estimate of drug-likeness (QED) is 0.329. The molecule has 0 spiro atoms. The number of thioether (sulfide) groups is 1. The highest BCUT2D eigenvalue weighted by molar-refractivity contribution is 7.99. The summed E-state index contributed by atoms with van der Waals surface area (Å²) in [5, 5.41) is 19.7. The molecule has 0 unspecified atom stereocenters. The summed E-state index contributed by atoms with van der Waals surface area (Å²) in [7, 11) is 1.69. The zero-order valence-corrected chi connectivity index (χ0v) is 18.4. The van der Waals surface area contributed by atoms with E-state index in [4.69, 9.17) is 15.3 Å². The Morgan fingerprint density at radius 1 is 1.34 bits per heavy atom. The summed E-state index contributed by atoms with van der Waals surface area (Å²) < 4.78 is 9.00. The number of aliphatic hydroxyl groups excluding tert-OH is 1. The van der Waals surface area contributed by atoms with Crippen LogP contribution in [0.5, 0.6) is 0 Å². The average molecular weight is 437 g/mol. The molecule has 3 rings (SSSR count). The first-order chi connectivity index (χ1) is 14.0. The summed E-state index contributed by atoms with van der Waals surface area (Å²) in [4.78, 5) is 17.2. The number of benzene rings is 1. The number of carbonyl (C=O) groups is 1. The molecule has 1 fully saturated rings. The Morgan fingerprint density at radius 2 is 2.03 bits per heavy atom. The summed E-state index contributed by atoms with van der Waals surface area (Å²) >= 11 is 2.83. The number of nitrogens with zero attached hydrogens (tertiary/aromatic N) is 2. The number of anilines is 1. The van der Waals surface area contributed by atoms with Crippen LogP contribution in [0.25, 0.3) is 0 Å². The van der Waals surface area contributed by atoms with E-state index in [1.807, 2.05) is 12.1 Å². The van der Waals surface area contributed by atoms with E-state index in [1.165, 1.54) is 12.8 Å². The van der Waals surface area contributed by atoms with E-state index in [0.717, 1.165) is 48.1 Å². The maximum absolute atomic E-state index is 12.0. The lowest BCUT2D eigenvalue weighted by Gasteiger charge is -2.05. The van der Waals surface area contributed by atoms with Gasteiger partial charge in [0.25, 0.3) is 5.91 Å². The van der Waals surface area contributed by atoms with Crippen molar-refractivity contribution in [1.82, 2.24) is 9.36 Å². The van der Waals surface area contributed by atoms with E-state index in [0.29, 0.717) is 16.5 Å². The van der Waals surface area contributed by atoms with Crippen LogP contribution in [0.4, 0.5) is 5.13 Å². The van der Waals surface area contributed by atoms with Crippen molar-refractivity contribution in [1.29, 1.82) is 5.41 Å². The molecule has 2 aromatic rings. The fraction of sp³-hybridized carbons (Fsp3) is 0.500. The van der Waals surface area contributed by atoms with Crippen molar-refractivity contribution in [2.75, 3.05) is 24.8 Å². The monoisotopic (exact) mass is 436 g/mol. The maximum Gasteiger partial charge on any atom is 0.275 e. The Kier molecular flexibility index (Phi) is 10.3. The molecule has 1 amide bonds. The molecule has 0 bridgehead atoms. The van der Waals surface area contributed by atoms with E-state index >= 15 is 0 Å². The predicted molar refractivity (Wildman–Crippen MR) is 118 cm³/mol. The van der Waals surface area contributed by atoms with Crippen LogP contribution in [0.15, 0.2) is 29.2 Å². The summed E-state index contributed by atoms with van der Waals surface area (Å²) in [6.07, 6.45) is 5.59. The molecule has 1 aliphatic carbocycles. The number of nitrogens with one attached hydrogen (secondary N) is 2. The number of aliphatic hydroxyl groups is 1. The van der Waals surface area contributed by atoms with E-state index in [1.54, 1.807) is 37.9 Å². The Hall–Kier alpha value is -1.81. The van der Waals surface area contributed by atoms with Gasteiger partial charge in [-0.05, 0) is 38.3 Å². The van der Waals surface area contributed by atoms with Gasteiger partial charge >= 0.3 is 0 Å². The van der Waals surface area contributed by atoms with Gasteiger partial charge in [0.2, 0.25) is 5.13 Å². The molecule has 9 heteroatoms. The van der Waals surface area contributed by atoms with Crippen LogP contribution in [0, 0.1) is 12.3 Å². The normalized spacial score (nSPS) is 13.6. The number of aromatic nitrogens is 2. The lowest BCUT2D eigenvalue weighted by Crippen LogP contribution is -2.22. The zero-order chi connectivity index (χ0) is 21.1. The van der Waals surface area contributed by atoms with Gasteiger partial charge in [0.1, 0.15) is 11.5 Å². The molecule has 7 nitrogen and oxygen atoms in total. The second-order valence-corrected chi connectivity index (χ2v) is 8.55. The van der Waals surface area contributed by atoms with Crippen molar-refractivity contribution < 1.29 is 14.6 Å². The lowest BCUT2D eigenvalue weighted by atomic mass is 10.1. The third-order valence-electron chi connectivity index (χ3n) is 4.20. The molecule has 158 valence electrons. The Labute approximate surface area is 180 Å². The summed E-state index contributed by atoms with van der Waals surface area (Å²) in [6.45, 7) is 2.50. The topological polar surface area (TPSA) is 108 Å². The summed E-state index contributed by atoms with van der Waals surface area (Å²) in [5.74, 6) is 1.09. The smallest absolute Gasteiger partial charge is 0.275 e. The molecule has 1 aromatic heterocycles. The Bertz CT molecular complexity index is 774. The second-order valence-electron chi connectivity index (χ2n) is 6.63. The van der Waals surface area contributed by atoms with Gasteiger partial charge in [-0.25, -0.2) is 4.98 Å². The highest BCUT2D eigenvalue weighted by atomic mass is 32.2. The van der Waals surface area contributed by atoms with Gasteiger partial charge in [-0.2, -0.15) is 4.37 Å². The first-order valence-electron chi connectivity index (χ1n) is 9.60. The molecular formula is C20H28N4O3S2. The lowest BCUT2D eigenvalue weighted by molar-refractivity contribution is -0.110. The predicted octanol–water partition coefficient (Wildman–Crippen LogP) is 3.90. The molecule has 0 radical (unpaired) electrons. The minimum absolute atomic E-state index is 0.0463. The minimum Gasteiger partial charge on any atom is -0.393 e. The molecule has 0 saturated heterocycles. The number of carbonyl (C=O) groups excluding carboxylic acids is 1. The Balaban J connectivity index is 0.000000426. The van der Waals surface area contributed by atoms with Gasteiger partial charge in [0, 0.05) is 41.5 Å². The Morgan fingerprint density at radius 3 is 2.55 bits per heavy atom. The molecule has 1 heterocycles. The van der Waals surface area contributed by atoms with Crippen LogP contribution in [0.2, 0.25) is 0 Å². The average Bonchev–Trinajstić information content (AvgIpc) is 3.36. The number of aryl methyl sites for hydroxylation is 1. The van der Waals surface area contributed by atoms with E-state index in [-0.39, 0.29) is 11.8 Å². The number of amides is 1. The van der Waals surface area contributed by atoms with E-state index < -0.39 is 5.91 Å². The summed E-state index contributed by atoms with van der Waals surface area (Å²) in [5.41, 5.74) is 0.485. The number of methoxy groups -OCH3 is 1. The van der Waals surface area contributed by atoms with Crippen molar-refractivity contribution in [2.24, 2.45) is 0 Å². The number of hydrogen-bond acceptors (Lipinski definition) is 8. The van der Waals surface area contributed by atoms with E-state index in [9.17, 15) is 4.79 Å². The van der Waals surface area contributed by atoms with Gasteiger partial charge in [-0.15, -0.1) is 11.8 Å². The van der Waals surface area contributed by atoms with Crippen molar-refractivity contribution >= 4 is 40.0 Å². The van der Waals surface area contributed by atoms with Crippen LogP contribution >= 0.6 is 23.3 Å².